The third-order valence-electron chi connectivity index (χ3n) is 1.67. The normalized spacial score (nSPS) is 20.4. The number of nitrogens with two attached hydrogens (primary N) is 1. The molecule has 1 atom stereocenters. The largest absolute Gasteiger partial charge is 0.397 e. The lowest BCUT2D eigenvalue weighted by atomic mass is 10.4. The number of anilines is 2. The van der Waals surface area contributed by atoms with E-state index in [-0.39, 0.29) is 6.17 Å². The third-order valence-corrected chi connectivity index (χ3v) is 1.95. The molecule has 0 radical (unpaired) electrons. The summed E-state index contributed by atoms with van der Waals surface area (Å²) in [5.41, 5.74) is 8.97. The molecule has 6 nitrogen and oxygen atoms in total. The first kappa shape index (κ1) is 9.17. The van der Waals surface area contributed by atoms with Gasteiger partial charge in [-0.2, -0.15) is 10.5 Å². The van der Waals surface area contributed by atoms with E-state index in [1.807, 2.05) is 6.92 Å². The van der Waals surface area contributed by atoms with Crippen LogP contribution < -0.4 is 16.3 Å². The fourth-order valence-corrected chi connectivity index (χ4v) is 1.32. The number of pyridine rings is 1. The molecule has 2 rings (SSSR count). The molecule has 1 aromatic rings. The van der Waals surface area contributed by atoms with Crippen molar-refractivity contribution in [2.45, 2.75) is 13.1 Å². The molecule has 0 aromatic carbocycles. The average Bonchev–Trinajstić information content (AvgIpc) is 2.51. The first-order valence-electron chi connectivity index (χ1n) is 4.05. The summed E-state index contributed by atoms with van der Waals surface area (Å²) in [5, 5.41) is 9.56. The van der Waals surface area contributed by atoms with Crippen molar-refractivity contribution in [1.29, 1.82) is 0 Å². The predicted molar refractivity (Wildman–Crippen MR) is 53.6 cm³/mol. The van der Waals surface area contributed by atoms with Gasteiger partial charge in [0.1, 0.15) is 6.17 Å². The van der Waals surface area contributed by atoms with Gasteiger partial charge in [-0.25, -0.2) is 4.98 Å². The highest BCUT2D eigenvalue weighted by Gasteiger charge is 2.18. The molecule has 1 aromatic heterocycles. The number of hydrogen-bond donors (Lipinski definition) is 2. The van der Waals surface area contributed by atoms with E-state index in [4.69, 9.17) is 17.3 Å². The highest BCUT2D eigenvalue weighted by Crippen LogP contribution is 2.25. The first-order valence-corrected chi connectivity index (χ1v) is 4.42. The van der Waals surface area contributed by atoms with Gasteiger partial charge in [-0.05, 0) is 13.0 Å². The van der Waals surface area contributed by atoms with Crippen molar-refractivity contribution in [3.63, 3.8) is 0 Å². The van der Waals surface area contributed by atoms with Crippen molar-refractivity contribution in [1.82, 2.24) is 10.4 Å². The molecule has 0 fully saturated rings. The molecule has 0 amide bonds. The maximum atomic E-state index is 5.93. The van der Waals surface area contributed by atoms with Crippen LogP contribution in [-0.4, -0.2) is 11.1 Å². The van der Waals surface area contributed by atoms with E-state index in [2.05, 4.69) is 20.7 Å². The summed E-state index contributed by atoms with van der Waals surface area (Å²) in [5.74, 6) is 0.494. The zero-order valence-corrected chi connectivity index (χ0v) is 8.23. The number of nitrogen functional groups attached to an aromatic ring is 1. The van der Waals surface area contributed by atoms with Crippen molar-refractivity contribution < 1.29 is 0 Å². The fraction of sp³-hybridized carbons (Fsp3) is 0.286. The van der Waals surface area contributed by atoms with Crippen LogP contribution in [0.5, 0.6) is 0 Å². The highest BCUT2D eigenvalue weighted by molar-refractivity contribution is 6.33. The van der Waals surface area contributed by atoms with Crippen molar-refractivity contribution in [2.75, 3.05) is 10.9 Å². The van der Waals surface area contributed by atoms with Crippen molar-refractivity contribution in [3.05, 3.63) is 17.3 Å². The molecule has 2 heterocycles. The van der Waals surface area contributed by atoms with Crippen LogP contribution >= 0.6 is 11.6 Å². The molecular weight excluding hydrogens is 204 g/mol. The Balaban J connectivity index is 2.29. The van der Waals surface area contributed by atoms with Crippen LogP contribution in [0.15, 0.2) is 22.6 Å². The minimum atomic E-state index is -0.0644. The van der Waals surface area contributed by atoms with Gasteiger partial charge in [0.2, 0.25) is 0 Å². The van der Waals surface area contributed by atoms with Gasteiger partial charge in [-0.1, -0.05) is 16.8 Å². The molecule has 1 unspecified atom stereocenters. The lowest BCUT2D eigenvalue weighted by molar-refractivity contribution is 0.620. The van der Waals surface area contributed by atoms with Crippen LogP contribution in [-0.2, 0) is 0 Å². The quantitative estimate of drug-likeness (QED) is 0.737. The Kier molecular flexibility index (Phi) is 2.22. The van der Waals surface area contributed by atoms with E-state index >= 15 is 0 Å². The van der Waals surface area contributed by atoms with Gasteiger partial charge in [0.15, 0.2) is 5.82 Å². The van der Waals surface area contributed by atoms with Crippen LogP contribution in [0.1, 0.15) is 6.92 Å². The zero-order valence-electron chi connectivity index (χ0n) is 7.48. The fourth-order valence-electron chi connectivity index (χ4n) is 1.06. The molecule has 0 saturated heterocycles. The van der Waals surface area contributed by atoms with Gasteiger partial charge in [0, 0.05) is 0 Å². The van der Waals surface area contributed by atoms with Gasteiger partial charge in [0.25, 0.3) is 0 Å². The third kappa shape index (κ3) is 1.61. The zero-order chi connectivity index (χ0) is 10.1. The summed E-state index contributed by atoms with van der Waals surface area (Å²) in [4.78, 5) is 4.05. The Bertz CT molecular complexity index is 378. The number of hydrogen-bond acceptors (Lipinski definition) is 6. The van der Waals surface area contributed by atoms with E-state index < -0.39 is 0 Å². The summed E-state index contributed by atoms with van der Waals surface area (Å²) in [6, 6.07) is 1.62. The van der Waals surface area contributed by atoms with E-state index in [0.29, 0.717) is 16.5 Å². The van der Waals surface area contributed by atoms with Crippen molar-refractivity contribution in [2.24, 2.45) is 10.3 Å². The van der Waals surface area contributed by atoms with Crippen molar-refractivity contribution in [3.8, 4) is 0 Å². The smallest absolute Gasteiger partial charge is 0.187 e. The minimum Gasteiger partial charge on any atom is -0.397 e. The summed E-state index contributed by atoms with van der Waals surface area (Å²) < 4.78 is 0. The summed E-state index contributed by atoms with van der Waals surface area (Å²) in [6.45, 7) is 1.87. The van der Waals surface area contributed by atoms with E-state index in [0.717, 1.165) is 0 Å². The Morgan fingerprint density at radius 3 is 3.00 bits per heavy atom. The summed E-state index contributed by atoms with van der Waals surface area (Å²) >= 11 is 5.93. The molecular formula is C7H9ClN6. The van der Waals surface area contributed by atoms with Crippen LogP contribution in [0.25, 0.3) is 0 Å². The highest BCUT2D eigenvalue weighted by atomic mass is 35.5. The Morgan fingerprint density at radius 2 is 2.43 bits per heavy atom. The number of rotatable bonds is 1. The summed E-state index contributed by atoms with van der Waals surface area (Å²) in [7, 11) is 0. The maximum Gasteiger partial charge on any atom is 0.187 e. The standard InChI is InChI=1S/C7H9ClN6/c1-4-11-13-14(12-4)7-6(8)2-5(9)3-10-7/h2-4,12H,9H2,1H3. The van der Waals surface area contributed by atoms with E-state index in [1.165, 1.54) is 11.3 Å². The van der Waals surface area contributed by atoms with Crippen LogP contribution in [0.4, 0.5) is 11.5 Å². The second kappa shape index (κ2) is 3.39. The van der Waals surface area contributed by atoms with Gasteiger partial charge in [0.05, 0.1) is 16.9 Å². The maximum absolute atomic E-state index is 5.93. The van der Waals surface area contributed by atoms with E-state index in [1.54, 1.807) is 6.07 Å². The van der Waals surface area contributed by atoms with Crippen LogP contribution in [0.2, 0.25) is 5.02 Å². The van der Waals surface area contributed by atoms with E-state index in [9.17, 15) is 0 Å². The van der Waals surface area contributed by atoms with Gasteiger partial charge in [-0.3, -0.25) is 0 Å². The molecule has 1 aliphatic rings. The van der Waals surface area contributed by atoms with Crippen LogP contribution in [0, 0.1) is 0 Å². The lowest BCUT2D eigenvalue weighted by Gasteiger charge is -2.13. The minimum absolute atomic E-state index is 0.0644. The van der Waals surface area contributed by atoms with Crippen LogP contribution in [0.3, 0.4) is 0 Å². The second-order valence-electron chi connectivity index (χ2n) is 2.90. The molecule has 3 N–H and O–H groups in total. The topological polar surface area (TPSA) is 78.9 Å². The lowest BCUT2D eigenvalue weighted by Crippen LogP contribution is -2.34. The molecule has 0 saturated carbocycles. The molecule has 0 bridgehead atoms. The van der Waals surface area contributed by atoms with Crippen molar-refractivity contribution >= 4 is 23.1 Å². The monoisotopic (exact) mass is 212 g/mol. The van der Waals surface area contributed by atoms with Gasteiger partial charge >= 0.3 is 0 Å². The number of nitrogens with zero attached hydrogens (tertiary/aromatic N) is 4. The number of hydrazine groups is 1. The van der Waals surface area contributed by atoms with Gasteiger partial charge < -0.3 is 5.73 Å². The molecule has 14 heavy (non-hydrogen) atoms. The first-order chi connectivity index (χ1) is 6.66. The SMILES string of the molecule is CC1N=NN(c2ncc(N)cc2Cl)N1. The predicted octanol–water partition coefficient (Wildman–Crippen LogP) is 1.35. The number of halogens is 1. The molecule has 0 aliphatic carbocycles. The Hall–Kier alpha value is -1.40. The second-order valence-corrected chi connectivity index (χ2v) is 3.30. The molecule has 7 heteroatoms. The van der Waals surface area contributed by atoms with Gasteiger partial charge in [-0.15, -0.1) is 5.11 Å². The Morgan fingerprint density at radius 1 is 1.64 bits per heavy atom. The molecule has 74 valence electrons. The molecule has 0 spiro atoms. The number of aromatic nitrogens is 1. The number of nitrogens with one attached hydrogen (secondary N) is 1. The average molecular weight is 213 g/mol. The molecule has 1 aliphatic heterocycles. The Labute approximate surface area is 85.7 Å². The summed E-state index contributed by atoms with van der Waals surface area (Å²) in [6.07, 6.45) is 1.45.